The number of benzene rings is 1. The number of ether oxygens (including phenoxy) is 1. The van der Waals surface area contributed by atoms with Crippen molar-refractivity contribution in [1.82, 2.24) is 5.32 Å². The van der Waals surface area contributed by atoms with Crippen LogP contribution < -0.4 is 10.1 Å². The molecule has 0 aliphatic heterocycles. The minimum Gasteiger partial charge on any atom is -0.495 e. The average Bonchev–Trinajstić information content (AvgIpc) is 2.37. The second-order valence-electron chi connectivity index (χ2n) is 4.83. The highest BCUT2D eigenvalue weighted by Gasteiger charge is 2.15. The third-order valence-electron chi connectivity index (χ3n) is 3.66. The fraction of sp³-hybridized carbons (Fsp3) is 0.600. The Balaban J connectivity index is 2.77. The van der Waals surface area contributed by atoms with Gasteiger partial charge in [-0.3, -0.25) is 0 Å². The van der Waals surface area contributed by atoms with E-state index in [2.05, 4.69) is 64.0 Å². The van der Waals surface area contributed by atoms with E-state index in [9.17, 15) is 0 Å². The van der Waals surface area contributed by atoms with Gasteiger partial charge in [-0.2, -0.15) is 0 Å². The van der Waals surface area contributed by atoms with Gasteiger partial charge in [0.25, 0.3) is 0 Å². The van der Waals surface area contributed by atoms with E-state index in [-0.39, 0.29) is 0 Å². The van der Waals surface area contributed by atoms with Crippen LogP contribution in [0.4, 0.5) is 0 Å². The largest absolute Gasteiger partial charge is 0.495 e. The quantitative estimate of drug-likeness (QED) is 0.693. The van der Waals surface area contributed by atoms with Crippen LogP contribution in [0.15, 0.2) is 21.1 Å². The lowest BCUT2D eigenvalue weighted by Gasteiger charge is -2.23. The number of halogens is 2. The molecule has 0 fully saturated rings. The summed E-state index contributed by atoms with van der Waals surface area (Å²) in [5.41, 5.74) is 1.17. The Kier molecular flexibility index (Phi) is 7.40. The van der Waals surface area contributed by atoms with Crippen LogP contribution in [-0.2, 0) is 6.54 Å². The Hall–Kier alpha value is -0.0600. The second-order valence-corrected chi connectivity index (χ2v) is 6.60. The molecule has 0 aliphatic rings. The van der Waals surface area contributed by atoms with E-state index in [1.165, 1.54) is 18.4 Å². The van der Waals surface area contributed by atoms with Gasteiger partial charge in [-0.1, -0.05) is 42.6 Å². The summed E-state index contributed by atoms with van der Waals surface area (Å²) in [4.78, 5) is 0. The molecular formula is C15H23Br2NO. The van der Waals surface area contributed by atoms with Gasteiger partial charge < -0.3 is 10.1 Å². The molecule has 0 spiro atoms. The molecular weight excluding hydrogens is 370 g/mol. The van der Waals surface area contributed by atoms with Crippen molar-refractivity contribution in [2.24, 2.45) is 5.92 Å². The van der Waals surface area contributed by atoms with Gasteiger partial charge in [0.2, 0.25) is 0 Å². The Morgan fingerprint density at radius 3 is 2.37 bits per heavy atom. The standard InChI is InChI=1S/C15H23Br2NO/c1-5-11(6-2)10(3)18-9-12-7-13(16)8-14(17)15(12)19-4/h7-8,10-11,18H,5-6,9H2,1-4H3. The monoisotopic (exact) mass is 391 g/mol. The molecule has 0 heterocycles. The van der Waals surface area contributed by atoms with Crippen molar-refractivity contribution >= 4 is 31.9 Å². The first-order valence-corrected chi connectivity index (χ1v) is 8.37. The van der Waals surface area contributed by atoms with Crippen LogP contribution in [0.5, 0.6) is 5.75 Å². The van der Waals surface area contributed by atoms with Gasteiger partial charge in [-0.05, 0) is 40.9 Å². The van der Waals surface area contributed by atoms with Crippen molar-refractivity contribution in [2.75, 3.05) is 7.11 Å². The molecule has 1 aromatic rings. The summed E-state index contributed by atoms with van der Waals surface area (Å²) in [5.74, 6) is 1.63. The summed E-state index contributed by atoms with van der Waals surface area (Å²) in [5, 5.41) is 3.61. The van der Waals surface area contributed by atoms with E-state index < -0.39 is 0 Å². The highest BCUT2D eigenvalue weighted by molar-refractivity contribution is 9.11. The van der Waals surface area contributed by atoms with Crippen molar-refractivity contribution in [3.05, 3.63) is 26.6 Å². The number of hydrogen-bond donors (Lipinski definition) is 1. The molecule has 1 aromatic carbocycles. The molecule has 2 nitrogen and oxygen atoms in total. The lowest BCUT2D eigenvalue weighted by Crippen LogP contribution is -2.32. The highest BCUT2D eigenvalue weighted by Crippen LogP contribution is 2.32. The fourth-order valence-corrected chi connectivity index (χ4v) is 3.88. The van der Waals surface area contributed by atoms with Gasteiger partial charge in [-0.15, -0.1) is 0 Å². The third-order valence-corrected chi connectivity index (χ3v) is 4.71. The van der Waals surface area contributed by atoms with E-state index in [1.54, 1.807) is 7.11 Å². The Morgan fingerprint density at radius 2 is 1.84 bits per heavy atom. The van der Waals surface area contributed by atoms with Crippen molar-refractivity contribution in [3.63, 3.8) is 0 Å². The maximum absolute atomic E-state index is 5.47. The number of rotatable bonds is 7. The zero-order chi connectivity index (χ0) is 14.4. The summed E-state index contributed by atoms with van der Waals surface area (Å²) < 4.78 is 7.51. The predicted octanol–water partition coefficient (Wildman–Crippen LogP) is 5.13. The molecule has 0 bridgehead atoms. The first-order valence-electron chi connectivity index (χ1n) is 6.78. The zero-order valence-electron chi connectivity index (χ0n) is 12.1. The molecule has 1 atom stereocenters. The number of methoxy groups -OCH3 is 1. The van der Waals surface area contributed by atoms with E-state index in [1.807, 2.05) is 6.07 Å². The van der Waals surface area contributed by atoms with E-state index in [0.717, 1.165) is 27.2 Å². The van der Waals surface area contributed by atoms with Crippen LogP contribution in [0.3, 0.4) is 0 Å². The average molecular weight is 393 g/mol. The summed E-state index contributed by atoms with van der Waals surface area (Å²) in [7, 11) is 1.71. The minimum atomic E-state index is 0.512. The van der Waals surface area contributed by atoms with Crippen LogP contribution in [0, 0.1) is 5.92 Å². The molecule has 108 valence electrons. The second kappa shape index (κ2) is 8.28. The van der Waals surface area contributed by atoms with E-state index in [0.29, 0.717) is 6.04 Å². The van der Waals surface area contributed by atoms with E-state index in [4.69, 9.17) is 4.74 Å². The molecule has 1 rings (SSSR count). The summed E-state index contributed by atoms with van der Waals surface area (Å²) in [6.07, 6.45) is 2.42. The first-order chi connectivity index (χ1) is 9.03. The van der Waals surface area contributed by atoms with Crippen molar-refractivity contribution in [3.8, 4) is 5.75 Å². The Labute approximate surface area is 133 Å². The third kappa shape index (κ3) is 4.76. The molecule has 0 amide bonds. The smallest absolute Gasteiger partial charge is 0.137 e. The summed E-state index contributed by atoms with van der Waals surface area (Å²) in [6, 6.07) is 4.63. The molecule has 0 saturated heterocycles. The van der Waals surface area contributed by atoms with Crippen LogP contribution in [0.25, 0.3) is 0 Å². The van der Waals surface area contributed by atoms with Gasteiger partial charge in [0.05, 0.1) is 11.6 Å². The maximum atomic E-state index is 5.47. The zero-order valence-corrected chi connectivity index (χ0v) is 15.3. The van der Waals surface area contributed by atoms with Crippen LogP contribution in [0.1, 0.15) is 39.2 Å². The van der Waals surface area contributed by atoms with Crippen molar-refractivity contribution < 1.29 is 4.74 Å². The predicted molar refractivity (Wildman–Crippen MR) is 88.8 cm³/mol. The molecule has 19 heavy (non-hydrogen) atoms. The van der Waals surface area contributed by atoms with Crippen LogP contribution in [-0.4, -0.2) is 13.2 Å². The van der Waals surface area contributed by atoms with Crippen molar-refractivity contribution in [1.29, 1.82) is 0 Å². The molecule has 1 N–H and O–H groups in total. The fourth-order valence-electron chi connectivity index (χ4n) is 2.41. The van der Waals surface area contributed by atoms with Gasteiger partial charge >= 0.3 is 0 Å². The van der Waals surface area contributed by atoms with Crippen LogP contribution >= 0.6 is 31.9 Å². The Morgan fingerprint density at radius 1 is 1.21 bits per heavy atom. The normalized spacial score (nSPS) is 12.8. The van der Waals surface area contributed by atoms with Crippen molar-refractivity contribution in [2.45, 2.75) is 46.2 Å². The molecule has 1 unspecified atom stereocenters. The summed E-state index contributed by atoms with van der Waals surface area (Å²) >= 11 is 7.06. The molecule has 0 saturated carbocycles. The molecule has 0 radical (unpaired) electrons. The molecule has 0 aliphatic carbocycles. The maximum Gasteiger partial charge on any atom is 0.137 e. The van der Waals surface area contributed by atoms with Gasteiger partial charge in [0, 0.05) is 22.6 Å². The summed E-state index contributed by atoms with van der Waals surface area (Å²) in [6.45, 7) is 7.58. The highest BCUT2D eigenvalue weighted by atomic mass is 79.9. The molecule has 4 heteroatoms. The lowest BCUT2D eigenvalue weighted by atomic mass is 9.95. The van der Waals surface area contributed by atoms with Gasteiger partial charge in [0.15, 0.2) is 0 Å². The topological polar surface area (TPSA) is 21.3 Å². The lowest BCUT2D eigenvalue weighted by molar-refractivity contribution is 0.348. The first kappa shape index (κ1) is 17.0. The number of nitrogens with one attached hydrogen (secondary N) is 1. The van der Waals surface area contributed by atoms with E-state index >= 15 is 0 Å². The van der Waals surface area contributed by atoms with Crippen LogP contribution in [0.2, 0.25) is 0 Å². The molecule has 0 aromatic heterocycles. The number of hydrogen-bond acceptors (Lipinski definition) is 2. The Bertz CT molecular complexity index is 405. The van der Waals surface area contributed by atoms with Gasteiger partial charge in [-0.25, -0.2) is 0 Å². The minimum absolute atomic E-state index is 0.512. The SMILES string of the molecule is CCC(CC)C(C)NCc1cc(Br)cc(Br)c1OC. The van der Waals surface area contributed by atoms with Gasteiger partial charge in [0.1, 0.15) is 5.75 Å².